The Balaban J connectivity index is 1.58. The van der Waals surface area contributed by atoms with Crippen molar-refractivity contribution < 1.29 is 14.3 Å². The van der Waals surface area contributed by atoms with Gasteiger partial charge in [-0.1, -0.05) is 69.3 Å². The van der Waals surface area contributed by atoms with E-state index in [4.69, 9.17) is 9.84 Å². The highest BCUT2D eigenvalue weighted by Crippen LogP contribution is 2.27. The van der Waals surface area contributed by atoms with Crippen LogP contribution in [0.1, 0.15) is 37.6 Å². The number of benzene rings is 3. The number of rotatable bonds is 8. The quantitative estimate of drug-likeness (QED) is 0.288. The summed E-state index contributed by atoms with van der Waals surface area (Å²) < 4.78 is 7.01. The molecule has 0 spiro atoms. The van der Waals surface area contributed by atoms with Crippen LogP contribution in [0.4, 0.5) is 16.3 Å². The van der Waals surface area contributed by atoms with Crippen molar-refractivity contribution in [3.63, 3.8) is 0 Å². The number of carbonyl (C=O) groups is 2. The molecule has 202 valence electrons. The molecular weight excluding hydrogens is 490 g/mol. The van der Waals surface area contributed by atoms with Gasteiger partial charge in [0.15, 0.2) is 0 Å². The highest BCUT2D eigenvalue weighted by atomic mass is 16.5. The van der Waals surface area contributed by atoms with Gasteiger partial charge in [-0.25, -0.2) is 9.48 Å². The van der Waals surface area contributed by atoms with Crippen molar-refractivity contribution in [3.8, 4) is 11.4 Å². The van der Waals surface area contributed by atoms with E-state index >= 15 is 0 Å². The molecule has 0 unspecified atom stereocenters. The second-order valence-electron chi connectivity index (χ2n) is 10.5. The Morgan fingerprint density at radius 1 is 0.923 bits per heavy atom. The number of aryl methyl sites for hydroxylation is 1. The molecule has 0 saturated heterocycles. The SMILES string of the molecule is COc1cccc(NC(=O)N(CC(=O)Nc2cc(C(C)(C)C)nn2-c2cccc(C)c2)Cc2ccccc2)c1. The van der Waals surface area contributed by atoms with Crippen LogP contribution in [0.15, 0.2) is 84.9 Å². The van der Waals surface area contributed by atoms with E-state index < -0.39 is 6.03 Å². The van der Waals surface area contributed by atoms with Crippen molar-refractivity contribution in [3.05, 3.63) is 102 Å². The Bertz CT molecular complexity index is 1440. The Morgan fingerprint density at radius 3 is 2.36 bits per heavy atom. The van der Waals surface area contributed by atoms with Crippen LogP contribution in [-0.2, 0) is 16.8 Å². The molecule has 0 atom stereocenters. The van der Waals surface area contributed by atoms with Crippen LogP contribution in [0.2, 0.25) is 0 Å². The predicted octanol–water partition coefficient (Wildman–Crippen LogP) is 6.16. The summed E-state index contributed by atoms with van der Waals surface area (Å²) in [6.45, 7) is 8.34. The minimum atomic E-state index is -0.398. The maximum absolute atomic E-state index is 13.4. The average molecular weight is 526 g/mol. The zero-order valence-electron chi connectivity index (χ0n) is 23.1. The van der Waals surface area contributed by atoms with Gasteiger partial charge in [-0.3, -0.25) is 4.79 Å². The molecule has 4 rings (SSSR count). The molecule has 0 fully saturated rings. The fraction of sp³-hybridized carbons (Fsp3) is 0.258. The molecule has 3 amide bonds. The lowest BCUT2D eigenvalue weighted by atomic mass is 9.92. The zero-order valence-corrected chi connectivity index (χ0v) is 23.1. The summed E-state index contributed by atoms with van der Waals surface area (Å²) in [5.74, 6) is 0.837. The van der Waals surface area contributed by atoms with Crippen LogP contribution >= 0.6 is 0 Å². The van der Waals surface area contributed by atoms with Crippen LogP contribution in [0.25, 0.3) is 5.69 Å². The lowest BCUT2D eigenvalue weighted by Crippen LogP contribution is -2.40. The first kappa shape index (κ1) is 27.4. The molecule has 3 aromatic carbocycles. The third-order valence-corrected chi connectivity index (χ3v) is 6.15. The summed E-state index contributed by atoms with van der Waals surface area (Å²) in [5.41, 5.74) is 4.04. The molecule has 0 aliphatic rings. The second kappa shape index (κ2) is 11.9. The number of hydrogen-bond donors (Lipinski definition) is 2. The highest BCUT2D eigenvalue weighted by molar-refractivity contribution is 5.96. The smallest absolute Gasteiger partial charge is 0.322 e. The van der Waals surface area contributed by atoms with Gasteiger partial charge in [0, 0.05) is 29.8 Å². The minimum Gasteiger partial charge on any atom is -0.497 e. The predicted molar refractivity (Wildman–Crippen MR) is 154 cm³/mol. The Labute approximate surface area is 229 Å². The minimum absolute atomic E-state index is 0.158. The van der Waals surface area contributed by atoms with Gasteiger partial charge in [-0.15, -0.1) is 0 Å². The Kier molecular flexibility index (Phi) is 8.34. The first-order chi connectivity index (χ1) is 18.6. The number of ether oxygens (including phenoxy) is 1. The first-order valence-corrected chi connectivity index (χ1v) is 12.8. The van der Waals surface area contributed by atoms with Gasteiger partial charge in [0.05, 0.1) is 18.5 Å². The maximum Gasteiger partial charge on any atom is 0.322 e. The Morgan fingerprint density at radius 2 is 1.67 bits per heavy atom. The van der Waals surface area contributed by atoms with E-state index in [2.05, 4.69) is 31.4 Å². The van der Waals surface area contributed by atoms with Gasteiger partial charge in [0.2, 0.25) is 5.91 Å². The number of nitrogens with one attached hydrogen (secondary N) is 2. The number of urea groups is 1. The molecule has 0 saturated carbocycles. The van der Waals surface area contributed by atoms with E-state index in [1.54, 1.807) is 36.1 Å². The highest BCUT2D eigenvalue weighted by Gasteiger charge is 2.23. The van der Waals surface area contributed by atoms with Crippen LogP contribution in [0, 0.1) is 6.92 Å². The molecule has 0 aliphatic heterocycles. The molecule has 0 radical (unpaired) electrons. The van der Waals surface area contributed by atoms with Gasteiger partial charge in [-0.2, -0.15) is 5.10 Å². The summed E-state index contributed by atoms with van der Waals surface area (Å²) in [6.07, 6.45) is 0. The number of methoxy groups -OCH3 is 1. The summed E-state index contributed by atoms with van der Waals surface area (Å²) in [5, 5.41) is 10.7. The number of anilines is 2. The second-order valence-corrected chi connectivity index (χ2v) is 10.5. The number of amides is 3. The third kappa shape index (κ3) is 7.25. The molecular formula is C31H35N5O3. The largest absolute Gasteiger partial charge is 0.497 e. The maximum atomic E-state index is 13.4. The number of carbonyl (C=O) groups excluding carboxylic acids is 2. The van der Waals surface area contributed by atoms with Crippen LogP contribution in [0.5, 0.6) is 5.75 Å². The molecule has 4 aromatic rings. The summed E-state index contributed by atoms with van der Waals surface area (Å²) in [6, 6.07) is 26.1. The van der Waals surface area contributed by atoms with E-state index in [-0.39, 0.29) is 24.4 Å². The van der Waals surface area contributed by atoms with Crippen molar-refractivity contribution in [2.75, 3.05) is 24.3 Å². The first-order valence-electron chi connectivity index (χ1n) is 12.8. The van der Waals surface area contributed by atoms with Gasteiger partial charge >= 0.3 is 6.03 Å². The van der Waals surface area contributed by atoms with Gasteiger partial charge in [0.1, 0.15) is 18.1 Å². The summed E-state index contributed by atoms with van der Waals surface area (Å²) in [4.78, 5) is 28.2. The molecule has 1 heterocycles. The molecule has 0 aliphatic carbocycles. The van der Waals surface area contributed by atoms with Gasteiger partial charge < -0.3 is 20.3 Å². The van der Waals surface area contributed by atoms with Crippen LogP contribution in [0.3, 0.4) is 0 Å². The lowest BCUT2D eigenvalue weighted by molar-refractivity contribution is -0.116. The van der Waals surface area contributed by atoms with Crippen molar-refractivity contribution in [1.82, 2.24) is 14.7 Å². The monoisotopic (exact) mass is 525 g/mol. The topological polar surface area (TPSA) is 88.5 Å². The molecule has 39 heavy (non-hydrogen) atoms. The van der Waals surface area contributed by atoms with E-state index in [9.17, 15) is 9.59 Å². The Hall–Kier alpha value is -4.59. The molecule has 1 aromatic heterocycles. The standard InChI is InChI=1S/C31H35N5O3/c1-22-11-9-15-25(17-22)36-28(19-27(34-36)31(2,3)4)33-29(37)21-35(20-23-12-7-6-8-13-23)30(38)32-24-14-10-16-26(18-24)39-5/h6-19H,20-21H2,1-5H3,(H,32,38)(H,33,37). The van der Waals surface area contributed by atoms with E-state index in [1.807, 2.05) is 67.6 Å². The zero-order chi connectivity index (χ0) is 28.0. The average Bonchev–Trinajstić information content (AvgIpc) is 3.33. The lowest BCUT2D eigenvalue weighted by Gasteiger charge is -2.23. The van der Waals surface area contributed by atoms with Crippen molar-refractivity contribution in [1.29, 1.82) is 0 Å². The number of aromatic nitrogens is 2. The van der Waals surface area contributed by atoms with Gasteiger partial charge in [0.25, 0.3) is 0 Å². The van der Waals surface area contributed by atoms with Crippen molar-refractivity contribution in [2.45, 2.75) is 39.7 Å². The summed E-state index contributed by atoms with van der Waals surface area (Å²) in [7, 11) is 1.57. The molecule has 8 heteroatoms. The van der Waals surface area contributed by atoms with E-state index in [1.165, 1.54) is 4.90 Å². The van der Waals surface area contributed by atoms with E-state index in [0.29, 0.717) is 17.3 Å². The van der Waals surface area contributed by atoms with Crippen molar-refractivity contribution >= 4 is 23.4 Å². The molecule has 8 nitrogen and oxygen atoms in total. The van der Waals surface area contributed by atoms with Gasteiger partial charge in [-0.05, 0) is 42.3 Å². The number of hydrogen-bond acceptors (Lipinski definition) is 4. The number of nitrogens with zero attached hydrogens (tertiary/aromatic N) is 3. The van der Waals surface area contributed by atoms with E-state index in [0.717, 1.165) is 22.5 Å². The normalized spacial score (nSPS) is 11.1. The third-order valence-electron chi connectivity index (χ3n) is 6.15. The van der Waals surface area contributed by atoms with Crippen LogP contribution < -0.4 is 15.4 Å². The molecule has 2 N–H and O–H groups in total. The fourth-order valence-electron chi connectivity index (χ4n) is 4.06. The van der Waals surface area contributed by atoms with Crippen LogP contribution in [-0.4, -0.2) is 40.3 Å². The van der Waals surface area contributed by atoms with Crippen molar-refractivity contribution in [2.24, 2.45) is 0 Å². The fourth-order valence-corrected chi connectivity index (χ4v) is 4.06. The molecule has 0 bridgehead atoms. The summed E-state index contributed by atoms with van der Waals surface area (Å²) >= 11 is 0.